The summed E-state index contributed by atoms with van der Waals surface area (Å²) in [5.74, 6) is 0. The molecule has 0 amide bonds. The second kappa shape index (κ2) is 4.99. The van der Waals surface area contributed by atoms with Crippen LogP contribution in [0.3, 0.4) is 0 Å². The molecular formula is C11H7Cl2N3O3. The molecule has 0 atom stereocenters. The number of rotatable bonds is 3. The molecule has 1 aromatic heterocycles. The molecule has 2 aromatic rings. The molecule has 0 fully saturated rings. The Morgan fingerprint density at radius 3 is 2.63 bits per heavy atom. The monoisotopic (exact) mass is 299 g/mol. The summed E-state index contributed by atoms with van der Waals surface area (Å²) in [7, 11) is 1.58. The van der Waals surface area contributed by atoms with E-state index in [9.17, 15) is 14.9 Å². The first-order valence-corrected chi connectivity index (χ1v) is 5.83. The molecule has 0 aliphatic heterocycles. The highest BCUT2D eigenvalue weighted by Gasteiger charge is 2.19. The minimum absolute atomic E-state index is 0.132. The molecule has 1 aromatic carbocycles. The second-order valence-corrected chi connectivity index (χ2v) is 4.48. The molecule has 6 nitrogen and oxygen atoms in total. The van der Waals surface area contributed by atoms with E-state index in [1.807, 2.05) is 0 Å². The van der Waals surface area contributed by atoms with Crippen molar-refractivity contribution in [2.45, 2.75) is 0 Å². The Bertz CT molecular complexity index is 682. The summed E-state index contributed by atoms with van der Waals surface area (Å²) in [6.07, 6.45) is 0.572. The molecule has 0 unspecified atom stereocenters. The zero-order chi connectivity index (χ0) is 14.2. The van der Waals surface area contributed by atoms with Crippen molar-refractivity contribution < 1.29 is 9.72 Å². The van der Waals surface area contributed by atoms with Crippen molar-refractivity contribution in [2.24, 2.45) is 7.05 Å². The lowest BCUT2D eigenvalue weighted by Gasteiger charge is -2.01. The van der Waals surface area contributed by atoms with E-state index in [2.05, 4.69) is 5.10 Å². The van der Waals surface area contributed by atoms with Gasteiger partial charge in [0.2, 0.25) is 0 Å². The molecule has 2 rings (SSSR count). The van der Waals surface area contributed by atoms with E-state index in [0.29, 0.717) is 17.5 Å². The molecular weight excluding hydrogens is 293 g/mol. The van der Waals surface area contributed by atoms with E-state index in [1.165, 1.54) is 22.9 Å². The third-order valence-corrected chi connectivity index (χ3v) is 3.31. The summed E-state index contributed by atoms with van der Waals surface area (Å²) >= 11 is 11.9. The highest BCUT2D eigenvalue weighted by Crippen LogP contribution is 2.34. The molecule has 19 heavy (non-hydrogen) atoms. The number of carbonyl (C=O) groups is 1. The standard InChI is InChI=1S/C11H7Cl2N3O3/c1-15-11(13)8(5-17)10(14-15)7-3-2-6(16(18)19)4-9(7)12/h2-5H,1H3. The van der Waals surface area contributed by atoms with Gasteiger partial charge in [0.05, 0.1) is 15.5 Å². The molecule has 0 N–H and O–H groups in total. The Labute approximate surface area is 117 Å². The zero-order valence-corrected chi connectivity index (χ0v) is 11.1. The van der Waals surface area contributed by atoms with Gasteiger partial charge in [-0.05, 0) is 6.07 Å². The maximum absolute atomic E-state index is 11.0. The van der Waals surface area contributed by atoms with E-state index < -0.39 is 4.92 Å². The van der Waals surface area contributed by atoms with Crippen LogP contribution in [-0.2, 0) is 7.05 Å². The van der Waals surface area contributed by atoms with Crippen LogP contribution in [-0.4, -0.2) is 21.0 Å². The Kier molecular flexibility index (Phi) is 3.55. The minimum Gasteiger partial charge on any atom is -0.298 e. The number of benzene rings is 1. The molecule has 0 aliphatic carbocycles. The Balaban J connectivity index is 2.63. The van der Waals surface area contributed by atoms with Crippen molar-refractivity contribution in [3.63, 3.8) is 0 Å². The van der Waals surface area contributed by atoms with Crippen LogP contribution in [0.2, 0.25) is 10.2 Å². The van der Waals surface area contributed by atoms with E-state index in [1.54, 1.807) is 7.05 Å². The molecule has 0 radical (unpaired) electrons. The fourth-order valence-corrected chi connectivity index (χ4v) is 2.07. The van der Waals surface area contributed by atoms with Gasteiger partial charge >= 0.3 is 0 Å². The summed E-state index contributed by atoms with van der Waals surface area (Å²) in [5, 5.41) is 15.0. The average Bonchev–Trinajstić information content (AvgIpc) is 2.65. The number of nitro groups is 1. The topological polar surface area (TPSA) is 78.0 Å². The molecule has 1 heterocycles. The second-order valence-electron chi connectivity index (χ2n) is 3.72. The van der Waals surface area contributed by atoms with Gasteiger partial charge in [-0.25, -0.2) is 0 Å². The minimum atomic E-state index is -0.554. The van der Waals surface area contributed by atoms with Crippen LogP contribution in [0.25, 0.3) is 11.3 Å². The number of halogens is 2. The summed E-state index contributed by atoms with van der Waals surface area (Å²) in [5.41, 5.74) is 0.766. The van der Waals surface area contributed by atoms with E-state index in [0.717, 1.165) is 0 Å². The SMILES string of the molecule is Cn1nc(-c2ccc([N+](=O)[O-])cc2Cl)c(C=O)c1Cl. The van der Waals surface area contributed by atoms with E-state index >= 15 is 0 Å². The smallest absolute Gasteiger partial charge is 0.270 e. The van der Waals surface area contributed by atoms with Gasteiger partial charge in [0, 0.05) is 24.7 Å². The fourth-order valence-electron chi connectivity index (χ4n) is 1.63. The summed E-state index contributed by atoms with van der Waals surface area (Å²) in [6, 6.07) is 3.93. The number of hydrogen-bond donors (Lipinski definition) is 0. The molecule has 8 heteroatoms. The van der Waals surface area contributed by atoms with Crippen LogP contribution in [0.4, 0.5) is 5.69 Å². The van der Waals surface area contributed by atoms with Gasteiger partial charge < -0.3 is 0 Å². The highest BCUT2D eigenvalue weighted by molar-refractivity contribution is 6.35. The van der Waals surface area contributed by atoms with Crippen molar-refractivity contribution in [2.75, 3.05) is 0 Å². The summed E-state index contributed by atoms with van der Waals surface area (Å²) < 4.78 is 1.33. The first-order chi connectivity index (χ1) is 8.95. The quantitative estimate of drug-likeness (QED) is 0.495. The predicted molar refractivity (Wildman–Crippen MR) is 70.7 cm³/mol. The normalized spacial score (nSPS) is 10.5. The van der Waals surface area contributed by atoms with Gasteiger partial charge in [-0.15, -0.1) is 0 Å². The van der Waals surface area contributed by atoms with Crippen LogP contribution < -0.4 is 0 Å². The van der Waals surface area contributed by atoms with Crippen LogP contribution in [0.15, 0.2) is 18.2 Å². The number of carbonyl (C=O) groups excluding carboxylic acids is 1. The number of non-ortho nitro benzene ring substituents is 1. The molecule has 0 saturated heterocycles. The molecule has 0 saturated carbocycles. The lowest BCUT2D eigenvalue weighted by molar-refractivity contribution is -0.384. The largest absolute Gasteiger partial charge is 0.298 e. The molecule has 0 bridgehead atoms. The number of aromatic nitrogens is 2. The van der Waals surface area contributed by atoms with Gasteiger partial charge in [0.25, 0.3) is 5.69 Å². The Morgan fingerprint density at radius 2 is 2.11 bits per heavy atom. The molecule has 98 valence electrons. The Hall–Kier alpha value is -1.92. The predicted octanol–water partition coefficient (Wildman–Crippen LogP) is 3.11. The number of hydrogen-bond acceptors (Lipinski definition) is 4. The van der Waals surface area contributed by atoms with E-state index in [-0.39, 0.29) is 21.4 Å². The fraction of sp³-hybridized carbons (Fsp3) is 0.0909. The number of nitro benzene ring substituents is 1. The third-order valence-electron chi connectivity index (χ3n) is 2.55. The van der Waals surface area contributed by atoms with Gasteiger partial charge in [-0.2, -0.15) is 5.10 Å². The lowest BCUT2D eigenvalue weighted by Crippen LogP contribution is -1.91. The lowest BCUT2D eigenvalue weighted by atomic mass is 10.1. The van der Waals surface area contributed by atoms with Gasteiger partial charge in [-0.3, -0.25) is 19.6 Å². The number of nitrogens with zero attached hydrogens (tertiary/aromatic N) is 3. The van der Waals surface area contributed by atoms with Gasteiger partial charge in [0.15, 0.2) is 6.29 Å². The molecule has 0 aliphatic rings. The van der Waals surface area contributed by atoms with Crippen molar-refractivity contribution >= 4 is 35.2 Å². The number of aryl methyl sites for hydroxylation is 1. The first-order valence-electron chi connectivity index (χ1n) is 5.07. The van der Waals surface area contributed by atoms with Gasteiger partial charge in [-0.1, -0.05) is 23.2 Å². The van der Waals surface area contributed by atoms with Gasteiger partial charge in [0.1, 0.15) is 10.8 Å². The van der Waals surface area contributed by atoms with Crippen molar-refractivity contribution in [1.29, 1.82) is 0 Å². The maximum Gasteiger partial charge on any atom is 0.270 e. The third kappa shape index (κ3) is 2.32. The molecule has 0 spiro atoms. The van der Waals surface area contributed by atoms with Crippen LogP contribution in [0, 0.1) is 10.1 Å². The average molecular weight is 300 g/mol. The Morgan fingerprint density at radius 1 is 1.42 bits per heavy atom. The van der Waals surface area contributed by atoms with Crippen LogP contribution in [0.5, 0.6) is 0 Å². The summed E-state index contributed by atoms with van der Waals surface area (Å²) in [4.78, 5) is 21.1. The maximum atomic E-state index is 11.0. The first kappa shape index (κ1) is 13.5. The van der Waals surface area contributed by atoms with Crippen LogP contribution >= 0.6 is 23.2 Å². The summed E-state index contributed by atoms with van der Waals surface area (Å²) in [6.45, 7) is 0. The van der Waals surface area contributed by atoms with E-state index in [4.69, 9.17) is 23.2 Å². The van der Waals surface area contributed by atoms with Crippen LogP contribution in [0.1, 0.15) is 10.4 Å². The number of aldehydes is 1. The van der Waals surface area contributed by atoms with Crippen molar-refractivity contribution in [1.82, 2.24) is 9.78 Å². The zero-order valence-electron chi connectivity index (χ0n) is 9.63. The van der Waals surface area contributed by atoms with Crippen molar-refractivity contribution in [3.8, 4) is 11.3 Å². The highest BCUT2D eigenvalue weighted by atomic mass is 35.5. The van der Waals surface area contributed by atoms with Crippen molar-refractivity contribution in [3.05, 3.63) is 44.1 Å².